The molecule has 2 aliphatic heterocycles. The molecule has 0 N–H and O–H groups in total. The van der Waals surface area contributed by atoms with Gasteiger partial charge < -0.3 is 4.74 Å². The summed E-state index contributed by atoms with van der Waals surface area (Å²) in [6.07, 6.45) is 1.50. The molecule has 1 aromatic carbocycles. The Morgan fingerprint density at radius 2 is 2.28 bits per heavy atom. The van der Waals surface area contributed by atoms with Crippen molar-refractivity contribution >= 4 is 40.4 Å². The molecular weight excluding hydrogens is 360 g/mol. The fourth-order valence-electron chi connectivity index (χ4n) is 2.87. The van der Waals surface area contributed by atoms with Crippen LogP contribution in [-0.2, 0) is 14.3 Å². The molecule has 5 nitrogen and oxygen atoms in total. The van der Waals surface area contributed by atoms with Crippen LogP contribution in [-0.4, -0.2) is 33.8 Å². The number of hydrogen-bond acceptors (Lipinski definition) is 5. The number of carbonyl (C=O) groups excluding carboxylic acids is 2. The molecule has 3 rings (SSSR count). The molecule has 0 unspecified atom stereocenters. The number of carbonyl (C=O) groups is 2. The van der Waals surface area contributed by atoms with Gasteiger partial charge in [0, 0.05) is 5.02 Å². The number of hydrogen-bond donors (Lipinski definition) is 0. The fraction of sp³-hybridized carbons (Fsp3) is 0.278. The molecule has 2 atom stereocenters. The van der Waals surface area contributed by atoms with Crippen LogP contribution in [0.3, 0.4) is 0 Å². The van der Waals surface area contributed by atoms with Gasteiger partial charge in [-0.25, -0.2) is 9.79 Å². The van der Waals surface area contributed by atoms with E-state index in [9.17, 15) is 9.59 Å². The van der Waals surface area contributed by atoms with Crippen LogP contribution >= 0.6 is 23.4 Å². The normalized spacial score (nSPS) is 22.6. The first-order chi connectivity index (χ1) is 11.9. The molecule has 1 saturated heterocycles. The van der Waals surface area contributed by atoms with E-state index in [2.05, 4.69) is 11.6 Å². The third-order valence-electron chi connectivity index (χ3n) is 3.97. The molecule has 0 radical (unpaired) electrons. The number of ether oxygens (including phenoxy) is 1. The molecule has 130 valence electrons. The van der Waals surface area contributed by atoms with Crippen LogP contribution in [0.1, 0.15) is 25.5 Å². The summed E-state index contributed by atoms with van der Waals surface area (Å²) in [6, 6.07) is 6.53. The molecule has 0 spiro atoms. The van der Waals surface area contributed by atoms with E-state index < -0.39 is 12.0 Å². The average Bonchev–Trinajstić information content (AvgIpc) is 2.85. The monoisotopic (exact) mass is 376 g/mol. The number of amidine groups is 1. The van der Waals surface area contributed by atoms with E-state index >= 15 is 0 Å². The lowest BCUT2D eigenvalue weighted by atomic mass is 9.94. The van der Waals surface area contributed by atoms with Crippen molar-refractivity contribution in [3.05, 3.63) is 58.8 Å². The molecule has 0 aromatic heterocycles. The molecule has 1 amide bonds. The van der Waals surface area contributed by atoms with E-state index in [1.54, 1.807) is 30.0 Å². The van der Waals surface area contributed by atoms with Gasteiger partial charge in [0.1, 0.15) is 6.61 Å². The van der Waals surface area contributed by atoms with E-state index in [-0.39, 0.29) is 17.8 Å². The first-order valence-corrected chi connectivity index (χ1v) is 9.02. The standard InChI is InChI=1S/C18H17ClN2O3S/c1-4-8-24-17(23)14-10(2)20-18-21(16(22)11(3)25-18)15(14)12-6-5-7-13(19)9-12/h4-7,9,11,15H,1,8H2,2-3H3/t11-,15+/m0/s1. The minimum absolute atomic E-state index is 0.0877. The largest absolute Gasteiger partial charge is 0.458 e. The van der Waals surface area contributed by atoms with Crippen LogP contribution in [0.4, 0.5) is 0 Å². The van der Waals surface area contributed by atoms with Crippen LogP contribution in [0.2, 0.25) is 5.02 Å². The number of fused-ring (bicyclic) bond motifs is 1. The predicted octanol–water partition coefficient (Wildman–Crippen LogP) is 3.72. The maximum absolute atomic E-state index is 12.7. The number of benzene rings is 1. The topological polar surface area (TPSA) is 59.0 Å². The molecule has 0 aliphatic carbocycles. The van der Waals surface area contributed by atoms with Crippen molar-refractivity contribution in [3.8, 4) is 0 Å². The van der Waals surface area contributed by atoms with Crippen LogP contribution in [0.15, 0.2) is 53.2 Å². The van der Waals surface area contributed by atoms with Crippen LogP contribution in [0.5, 0.6) is 0 Å². The van der Waals surface area contributed by atoms with Gasteiger partial charge in [0.25, 0.3) is 0 Å². The van der Waals surface area contributed by atoms with Gasteiger partial charge in [-0.05, 0) is 31.5 Å². The van der Waals surface area contributed by atoms with E-state index in [1.165, 1.54) is 17.8 Å². The highest BCUT2D eigenvalue weighted by atomic mass is 35.5. The number of thioether (sulfide) groups is 1. The van der Waals surface area contributed by atoms with Crippen LogP contribution in [0, 0.1) is 0 Å². The summed E-state index contributed by atoms with van der Waals surface area (Å²) in [5.41, 5.74) is 1.63. The minimum Gasteiger partial charge on any atom is -0.458 e. The Kier molecular flexibility index (Phi) is 5.01. The summed E-state index contributed by atoms with van der Waals surface area (Å²) in [7, 11) is 0. The zero-order valence-electron chi connectivity index (χ0n) is 13.9. The van der Waals surface area contributed by atoms with E-state index in [4.69, 9.17) is 16.3 Å². The predicted molar refractivity (Wildman–Crippen MR) is 99.4 cm³/mol. The Morgan fingerprint density at radius 3 is 2.96 bits per heavy atom. The molecular formula is C18H17ClN2O3S. The zero-order valence-corrected chi connectivity index (χ0v) is 15.4. The van der Waals surface area contributed by atoms with Crippen molar-refractivity contribution in [2.24, 2.45) is 4.99 Å². The number of allylic oxidation sites excluding steroid dienone is 1. The Hall–Kier alpha value is -2.05. The summed E-state index contributed by atoms with van der Waals surface area (Å²) in [4.78, 5) is 31.4. The Labute approximate surface area is 155 Å². The van der Waals surface area contributed by atoms with Gasteiger partial charge >= 0.3 is 5.97 Å². The van der Waals surface area contributed by atoms with Crippen molar-refractivity contribution in [3.63, 3.8) is 0 Å². The first kappa shape index (κ1) is 17.8. The second-order valence-corrected chi connectivity index (χ2v) is 7.45. The summed E-state index contributed by atoms with van der Waals surface area (Å²) >= 11 is 7.52. The molecule has 7 heteroatoms. The highest BCUT2D eigenvalue weighted by Crippen LogP contribution is 2.43. The van der Waals surface area contributed by atoms with Gasteiger partial charge in [0.15, 0.2) is 5.17 Å². The quantitative estimate of drug-likeness (QED) is 0.593. The highest BCUT2D eigenvalue weighted by molar-refractivity contribution is 8.15. The molecule has 25 heavy (non-hydrogen) atoms. The number of halogens is 1. The Balaban J connectivity index is 2.13. The van der Waals surface area contributed by atoms with Gasteiger partial charge in [0.05, 0.1) is 22.6 Å². The zero-order chi connectivity index (χ0) is 18.1. The molecule has 2 heterocycles. The second-order valence-electron chi connectivity index (χ2n) is 5.71. The molecule has 0 bridgehead atoms. The van der Waals surface area contributed by atoms with Crippen molar-refractivity contribution in [1.82, 2.24) is 4.90 Å². The van der Waals surface area contributed by atoms with Crippen molar-refractivity contribution in [2.45, 2.75) is 25.1 Å². The van der Waals surface area contributed by atoms with Gasteiger partial charge in [-0.15, -0.1) is 0 Å². The SMILES string of the molecule is C=CCOC(=O)C1=C(C)N=C2S[C@@H](C)C(=O)N2[C@@H]1c1cccc(Cl)c1. The van der Waals surface area contributed by atoms with E-state index in [0.29, 0.717) is 21.5 Å². The van der Waals surface area contributed by atoms with Gasteiger partial charge in [-0.3, -0.25) is 9.69 Å². The maximum Gasteiger partial charge on any atom is 0.338 e. The molecule has 0 saturated carbocycles. The summed E-state index contributed by atoms with van der Waals surface area (Å²) in [5.74, 6) is -0.599. The first-order valence-electron chi connectivity index (χ1n) is 7.76. The summed E-state index contributed by atoms with van der Waals surface area (Å²) in [6.45, 7) is 7.22. The van der Waals surface area contributed by atoms with Gasteiger partial charge in [-0.2, -0.15) is 0 Å². The van der Waals surface area contributed by atoms with Crippen molar-refractivity contribution < 1.29 is 14.3 Å². The lowest BCUT2D eigenvalue weighted by Gasteiger charge is -2.33. The van der Waals surface area contributed by atoms with Gasteiger partial charge in [0.2, 0.25) is 5.91 Å². The molecule has 1 fully saturated rings. The van der Waals surface area contributed by atoms with Crippen LogP contribution < -0.4 is 0 Å². The van der Waals surface area contributed by atoms with Crippen LogP contribution in [0.25, 0.3) is 0 Å². The lowest BCUT2D eigenvalue weighted by molar-refractivity contribution is -0.139. The highest BCUT2D eigenvalue weighted by Gasteiger charge is 2.46. The number of rotatable bonds is 4. The number of aliphatic imine (C=N–C) groups is 1. The van der Waals surface area contributed by atoms with Crippen molar-refractivity contribution in [2.75, 3.05) is 6.61 Å². The van der Waals surface area contributed by atoms with Gasteiger partial charge in [-0.1, -0.05) is 48.2 Å². The molecule has 2 aliphatic rings. The third-order valence-corrected chi connectivity index (χ3v) is 5.26. The third kappa shape index (κ3) is 3.24. The second kappa shape index (κ2) is 7.06. The summed E-state index contributed by atoms with van der Waals surface area (Å²) in [5, 5.41) is 0.877. The molecule has 1 aromatic rings. The number of amides is 1. The summed E-state index contributed by atoms with van der Waals surface area (Å²) < 4.78 is 5.23. The number of esters is 1. The van der Waals surface area contributed by atoms with Crippen molar-refractivity contribution in [1.29, 1.82) is 0 Å². The Morgan fingerprint density at radius 1 is 1.52 bits per heavy atom. The maximum atomic E-state index is 12.7. The fourth-order valence-corrected chi connectivity index (χ4v) is 4.10. The Bertz CT molecular complexity index is 818. The smallest absolute Gasteiger partial charge is 0.338 e. The minimum atomic E-state index is -0.603. The average molecular weight is 377 g/mol. The van der Waals surface area contributed by atoms with E-state index in [0.717, 1.165) is 5.56 Å². The lowest BCUT2D eigenvalue weighted by Crippen LogP contribution is -2.40. The van der Waals surface area contributed by atoms with E-state index in [1.807, 2.05) is 13.0 Å². The number of nitrogens with zero attached hydrogens (tertiary/aromatic N) is 2.